The van der Waals surface area contributed by atoms with Crippen LogP contribution in [-0.4, -0.2) is 189 Å². The van der Waals surface area contributed by atoms with Gasteiger partial charge in [-0.25, -0.2) is 4.79 Å². The first-order valence-corrected chi connectivity index (χ1v) is 24.6. The first-order valence-electron chi connectivity index (χ1n) is 24.2. The van der Waals surface area contributed by atoms with Crippen molar-refractivity contribution in [3.05, 3.63) is 82.3 Å². The SMILES string of the molecule is NC1C(O)[C@H](OC2[C@H](N)CC(N)[C@@H](O[C@H]3OC(CNC(=O)CCCc4cn(CCCNC(=S)Nc5ccc(-c6c7ccc(=O)cc-7oc7cc(O)ccc67)c(C(=O)O)c5)nn4)[C@@H](O)[C@H](O)C3O)[C@@H]2O)O[C@H](CO)[C@@H]1O. The van der Waals surface area contributed by atoms with Crippen LogP contribution in [0.3, 0.4) is 0 Å². The highest BCUT2D eigenvalue weighted by molar-refractivity contribution is 7.80. The Bertz CT molecular complexity index is 2840. The summed E-state index contributed by atoms with van der Waals surface area (Å²) in [4.78, 5) is 37.7. The number of phenols is 1. The molecular weight excluding hydrogens is 1010 g/mol. The van der Waals surface area contributed by atoms with Gasteiger partial charge in [0.2, 0.25) is 5.91 Å². The Morgan fingerprint density at radius 1 is 0.813 bits per heavy atom. The zero-order chi connectivity index (χ0) is 53.8. The highest BCUT2D eigenvalue weighted by Gasteiger charge is 2.52. The Kier molecular flexibility index (Phi) is 17.7. The molecule has 5 aliphatic rings. The van der Waals surface area contributed by atoms with Gasteiger partial charge in [0, 0.05) is 78.7 Å². The van der Waals surface area contributed by atoms with Gasteiger partial charge in [0.1, 0.15) is 78.1 Å². The monoisotopic (exact) mass is 1070 g/mol. The second-order valence-corrected chi connectivity index (χ2v) is 19.2. The van der Waals surface area contributed by atoms with Gasteiger partial charge in [-0.2, -0.15) is 0 Å². The number of aromatic nitrogens is 3. The van der Waals surface area contributed by atoms with E-state index in [4.69, 9.17) is 52.8 Å². The molecule has 1 aromatic heterocycles. The van der Waals surface area contributed by atoms with Crippen molar-refractivity contribution < 1.29 is 78.9 Å². The zero-order valence-corrected chi connectivity index (χ0v) is 40.9. The van der Waals surface area contributed by atoms with Gasteiger partial charge in [-0.3, -0.25) is 14.3 Å². The second-order valence-electron chi connectivity index (χ2n) is 18.8. The van der Waals surface area contributed by atoms with E-state index in [1.807, 2.05) is 0 Å². The number of rotatable bonds is 18. The standard InChI is InChI=1S/C48H61N9O17S/c49-28-16-29(50)44(42(67)43(28)73-46-39(64)36(51)37(62)33(19-58)72-46)74-47-41(66)40(65)38(63)32(71-47)17-53-34(61)4-1-3-21-18-57(56-55-21)12-2-11-52-48(75)54-20-5-8-24(27(13-20)45(68)69)35-25-9-6-22(59)14-30(25)70-31-15-23(60)7-10-26(31)35/h5-10,13-15,18,28-29,32-33,36-44,46-47,58-59,62-67H,1-4,11-12,16-17,19,49-51H2,(H,53,61)(H,68,69)(H2,52,54,75)/t28-,29?,32?,33-,36?,37+,38-,39?,40+,41?,42-,43?,44-,46+,47-/m1/s1. The predicted octanol–water partition coefficient (Wildman–Crippen LogP) is -2.86. The van der Waals surface area contributed by atoms with Crippen LogP contribution in [0.4, 0.5) is 5.69 Å². The number of thiocarbonyl (C=S) groups is 1. The third-order valence-corrected chi connectivity index (χ3v) is 13.7. The molecule has 2 aromatic carbocycles. The molecule has 406 valence electrons. The number of aliphatic hydroxyl groups is 7. The Hall–Kier alpha value is -5.86. The molecule has 8 rings (SSSR count). The second kappa shape index (κ2) is 24.0. The average molecular weight is 1070 g/mol. The number of amides is 1. The summed E-state index contributed by atoms with van der Waals surface area (Å²) in [7, 11) is 0. The molecule has 0 spiro atoms. The van der Waals surface area contributed by atoms with Crippen molar-refractivity contribution in [3.63, 3.8) is 0 Å². The van der Waals surface area contributed by atoms with E-state index in [0.29, 0.717) is 65.8 Å². The number of nitrogens with zero attached hydrogens (tertiary/aromatic N) is 3. The molecule has 2 aliphatic carbocycles. The maximum Gasteiger partial charge on any atom is 0.336 e. The number of phenolic OH excluding ortho intramolecular Hbond substituents is 1. The van der Waals surface area contributed by atoms with E-state index in [1.54, 1.807) is 35.1 Å². The maximum absolute atomic E-state index is 12.9. The summed E-state index contributed by atoms with van der Waals surface area (Å²) < 4.78 is 30.5. The minimum Gasteiger partial charge on any atom is -0.508 e. The number of carbonyl (C=O) groups is 2. The fourth-order valence-corrected chi connectivity index (χ4v) is 9.67. The van der Waals surface area contributed by atoms with E-state index in [1.165, 1.54) is 30.3 Å². The topological polar surface area (TPSA) is 428 Å². The predicted molar refractivity (Wildman–Crippen MR) is 267 cm³/mol. The van der Waals surface area contributed by atoms with Crippen molar-refractivity contribution in [2.24, 2.45) is 17.2 Å². The third-order valence-electron chi connectivity index (χ3n) is 13.5. The summed E-state index contributed by atoms with van der Waals surface area (Å²) >= 11 is 5.49. The number of fused-ring (bicyclic) bond motifs is 2. The van der Waals surface area contributed by atoms with Crippen LogP contribution in [-0.2, 0) is 36.7 Å². The summed E-state index contributed by atoms with van der Waals surface area (Å²) in [5.41, 5.74) is 20.8. The zero-order valence-electron chi connectivity index (χ0n) is 40.1. The third kappa shape index (κ3) is 12.5. The molecule has 2 saturated heterocycles. The Morgan fingerprint density at radius 3 is 2.24 bits per heavy atom. The smallest absolute Gasteiger partial charge is 0.336 e. The molecule has 75 heavy (non-hydrogen) atoms. The Labute approximate surface area is 432 Å². The fraction of sp³-hybridized carbons (Fsp3) is 0.500. The molecule has 18 N–H and O–H groups in total. The van der Waals surface area contributed by atoms with Crippen LogP contribution in [0.25, 0.3) is 33.4 Å². The van der Waals surface area contributed by atoms with E-state index in [2.05, 4.69) is 26.3 Å². The summed E-state index contributed by atoms with van der Waals surface area (Å²) in [6.45, 7) is -0.0593. The number of ether oxygens (including phenoxy) is 4. The number of nitrogens with one attached hydrogen (secondary N) is 3. The van der Waals surface area contributed by atoms with Gasteiger partial charge in [-0.1, -0.05) is 11.3 Å². The first kappa shape index (κ1) is 55.4. The van der Waals surface area contributed by atoms with E-state index in [0.717, 1.165) is 0 Å². The van der Waals surface area contributed by atoms with Gasteiger partial charge >= 0.3 is 5.97 Å². The molecule has 0 radical (unpaired) electrons. The Morgan fingerprint density at radius 2 is 1.52 bits per heavy atom. The number of anilines is 1. The number of carboxylic acid groups (broad SMARTS) is 1. The first-order chi connectivity index (χ1) is 35.8. The van der Waals surface area contributed by atoms with Crippen LogP contribution in [0.1, 0.15) is 41.7 Å². The highest BCUT2D eigenvalue weighted by Crippen LogP contribution is 2.42. The number of carboxylic acids is 1. The van der Waals surface area contributed by atoms with Crippen molar-refractivity contribution >= 4 is 45.9 Å². The Balaban J connectivity index is 0.769. The van der Waals surface area contributed by atoms with Crippen LogP contribution in [0.2, 0.25) is 0 Å². The van der Waals surface area contributed by atoms with Crippen molar-refractivity contribution in [1.82, 2.24) is 25.6 Å². The van der Waals surface area contributed by atoms with Crippen LogP contribution < -0.4 is 38.6 Å². The number of carbonyl (C=O) groups excluding carboxylic acids is 1. The van der Waals surface area contributed by atoms with Crippen LogP contribution >= 0.6 is 12.2 Å². The fourth-order valence-electron chi connectivity index (χ4n) is 9.45. The minimum absolute atomic E-state index is 0.00475. The van der Waals surface area contributed by atoms with Crippen molar-refractivity contribution in [3.8, 4) is 28.2 Å². The van der Waals surface area contributed by atoms with Gasteiger partial charge < -0.3 is 102 Å². The molecular formula is C48H61N9O17S. The summed E-state index contributed by atoms with van der Waals surface area (Å²) in [6.07, 6.45) is -15.1. The molecule has 26 nitrogen and oxygen atoms in total. The molecule has 3 aliphatic heterocycles. The molecule has 1 saturated carbocycles. The molecule has 27 heteroatoms. The minimum atomic E-state index is -1.82. The summed E-state index contributed by atoms with van der Waals surface area (Å²) in [5, 5.41) is 112. The number of aromatic hydroxyl groups is 1. The van der Waals surface area contributed by atoms with Crippen molar-refractivity contribution in [2.45, 2.75) is 130 Å². The largest absolute Gasteiger partial charge is 0.508 e. The van der Waals surface area contributed by atoms with Crippen LogP contribution in [0, 0.1) is 0 Å². The number of aromatic carboxylic acids is 1. The number of benzene rings is 3. The van der Waals surface area contributed by atoms with Crippen LogP contribution in [0.15, 0.2) is 70.0 Å². The molecule has 4 heterocycles. The van der Waals surface area contributed by atoms with Gasteiger partial charge in [-0.05, 0) is 79.9 Å². The molecule has 1 amide bonds. The molecule has 15 atom stereocenters. The van der Waals surface area contributed by atoms with Gasteiger partial charge in [0.05, 0.1) is 23.9 Å². The van der Waals surface area contributed by atoms with Gasteiger partial charge in [0.15, 0.2) is 23.1 Å². The number of hydrogen-bond donors (Lipinski definition) is 15. The molecule has 6 unspecified atom stereocenters. The maximum atomic E-state index is 12.9. The van der Waals surface area contributed by atoms with Gasteiger partial charge in [0.25, 0.3) is 0 Å². The lowest BCUT2D eigenvalue weighted by Gasteiger charge is -2.48. The van der Waals surface area contributed by atoms with Crippen molar-refractivity contribution in [2.75, 3.05) is 25.0 Å². The molecule has 3 fully saturated rings. The molecule has 0 bridgehead atoms. The lowest BCUT2D eigenvalue weighted by molar-refractivity contribution is -0.332. The average Bonchev–Trinajstić information content (AvgIpc) is 3.84. The number of aryl methyl sites for hydroxylation is 2. The van der Waals surface area contributed by atoms with E-state index >= 15 is 0 Å². The molecule has 3 aromatic rings. The van der Waals surface area contributed by atoms with Gasteiger partial charge in [-0.15, -0.1) is 5.10 Å². The van der Waals surface area contributed by atoms with E-state index in [9.17, 15) is 60.3 Å². The quantitative estimate of drug-likeness (QED) is 0.0238. The lowest BCUT2D eigenvalue weighted by atomic mass is 9.84. The van der Waals surface area contributed by atoms with E-state index < -0.39 is 110 Å². The summed E-state index contributed by atoms with van der Waals surface area (Å²) in [5.74, 6) is -1.45. The number of hydrogen-bond acceptors (Lipinski definition) is 22. The van der Waals surface area contributed by atoms with Crippen molar-refractivity contribution in [1.29, 1.82) is 0 Å². The lowest BCUT2D eigenvalue weighted by Crippen LogP contribution is -2.68. The summed E-state index contributed by atoms with van der Waals surface area (Å²) in [6, 6.07) is 10.3. The number of nitrogens with two attached hydrogens (primary N) is 3. The van der Waals surface area contributed by atoms with E-state index in [-0.39, 0.29) is 52.6 Å². The normalized spacial score (nSPS) is 30.0. The van der Waals surface area contributed by atoms with Crippen LogP contribution in [0.5, 0.6) is 5.75 Å². The highest BCUT2D eigenvalue weighted by atomic mass is 32.1. The number of aliphatic hydroxyl groups excluding tert-OH is 7.